The van der Waals surface area contributed by atoms with Crippen molar-refractivity contribution in [1.82, 2.24) is 9.55 Å². The van der Waals surface area contributed by atoms with Crippen molar-refractivity contribution in [3.63, 3.8) is 0 Å². The second-order valence-electron chi connectivity index (χ2n) is 11.9. The first-order valence-electron chi connectivity index (χ1n) is 14.8. The highest BCUT2D eigenvalue weighted by Gasteiger charge is 2.26. The van der Waals surface area contributed by atoms with E-state index in [4.69, 9.17) is 4.98 Å². The predicted molar refractivity (Wildman–Crippen MR) is 162 cm³/mol. The first-order valence-corrected chi connectivity index (χ1v) is 14.8. The van der Waals surface area contributed by atoms with E-state index in [9.17, 15) is 0 Å². The van der Waals surface area contributed by atoms with Crippen molar-refractivity contribution < 1.29 is 0 Å². The van der Waals surface area contributed by atoms with Crippen LogP contribution in [0.25, 0.3) is 28.2 Å². The lowest BCUT2D eigenvalue weighted by atomic mass is 9.78. The summed E-state index contributed by atoms with van der Waals surface area (Å²) < 4.78 is 2.39. The lowest BCUT2D eigenvalue weighted by Crippen LogP contribution is -2.18. The van der Waals surface area contributed by atoms with E-state index < -0.39 is 0 Å². The van der Waals surface area contributed by atoms with Crippen LogP contribution in [0.15, 0.2) is 73.1 Å². The fourth-order valence-electron chi connectivity index (χ4n) is 6.26. The van der Waals surface area contributed by atoms with Gasteiger partial charge in [0.25, 0.3) is 0 Å². The van der Waals surface area contributed by atoms with Crippen molar-refractivity contribution in [2.75, 3.05) is 0 Å². The lowest BCUT2D eigenvalue weighted by molar-refractivity contribution is 0.443. The average molecular weight is 505 g/mol. The van der Waals surface area contributed by atoms with E-state index in [1.54, 1.807) is 0 Å². The van der Waals surface area contributed by atoms with Crippen LogP contribution < -0.4 is 0 Å². The summed E-state index contributed by atoms with van der Waals surface area (Å²) in [6, 6.07) is 22.9. The van der Waals surface area contributed by atoms with E-state index in [1.807, 2.05) is 6.20 Å². The first-order chi connectivity index (χ1) is 18.4. The summed E-state index contributed by atoms with van der Waals surface area (Å²) in [5.41, 5.74) is 10.9. The number of hydrogen-bond acceptors (Lipinski definition) is 1. The van der Waals surface area contributed by atoms with Gasteiger partial charge in [-0.2, -0.15) is 0 Å². The number of aryl methyl sites for hydroxylation is 2. The van der Waals surface area contributed by atoms with Gasteiger partial charge in [0.1, 0.15) is 5.82 Å². The molecule has 0 radical (unpaired) electrons. The number of nitrogens with zero attached hydrogens (tertiary/aromatic N) is 2. The SMILES string of the molecule is CCCc1cc(C2CCCCC2)cc(-c2ccccc2)c1-n1ccnc1-c1ccc(C)cc1C(C)(C)CC. The molecule has 0 aliphatic heterocycles. The van der Waals surface area contributed by atoms with Crippen molar-refractivity contribution in [3.8, 4) is 28.2 Å². The smallest absolute Gasteiger partial charge is 0.144 e. The largest absolute Gasteiger partial charge is 0.299 e. The van der Waals surface area contributed by atoms with E-state index in [-0.39, 0.29) is 5.41 Å². The van der Waals surface area contributed by atoms with Gasteiger partial charge in [-0.3, -0.25) is 4.57 Å². The Kier molecular flexibility index (Phi) is 7.88. The van der Waals surface area contributed by atoms with Gasteiger partial charge in [0.05, 0.1) is 5.69 Å². The summed E-state index contributed by atoms with van der Waals surface area (Å²) in [4.78, 5) is 5.01. The molecular formula is C36H44N2. The minimum atomic E-state index is 0.0669. The van der Waals surface area contributed by atoms with E-state index in [2.05, 4.69) is 106 Å². The Morgan fingerprint density at radius 1 is 0.895 bits per heavy atom. The molecule has 5 rings (SSSR count). The molecule has 0 saturated heterocycles. The first kappa shape index (κ1) is 26.5. The van der Waals surface area contributed by atoms with E-state index >= 15 is 0 Å². The lowest BCUT2D eigenvalue weighted by Gasteiger charge is -2.28. The Balaban J connectivity index is 1.76. The minimum absolute atomic E-state index is 0.0669. The van der Waals surface area contributed by atoms with Crippen LogP contribution in [0.5, 0.6) is 0 Å². The number of aromatic nitrogens is 2. The number of imidazole rings is 1. The van der Waals surface area contributed by atoms with E-state index in [0.29, 0.717) is 5.92 Å². The summed E-state index contributed by atoms with van der Waals surface area (Å²) in [5, 5.41) is 0. The maximum atomic E-state index is 5.01. The zero-order valence-electron chi connectivity index (χ0n) is 24.1. The molecule has 4 aromatic rings. The molecule has 0 N–H and O–H groups in total. The molecule has 1 aliphatic carbocycles. The maximum Gasteiger partial charge on any atom is 0.144 e. The standard InChI is InChI=1S/C36H44N2/c1-6-14-29-24-30(27-15-10-8-11-16-27)25-32(28-17-12-9-13-18-28)34(29)38-22-21-37-35(38)31-20-19-26(3)23-33(31)36(4,5)7-2/h9,12-13,17-25,27H,6-8,10-11,14-16H2,1-5H3. The quantitative estimate of drug-likeness (QED) is 0.233. The van der Waals surface area contributed by atoms with E-state index in [0.717, 1.165) is 25.1 Å². The molecule has 0 atom stereocenters. The Morgan fingerprint density at radius 3 is 2.37 bits per heavy atom. The van der Waals surface area contributed by atoms with Gasteiger partial charge in [0.2, 0.25) is 0 Å². The van der Waals surface area contributed by atoms with E-state index in [1.165, 1.54) is 76.7 Å². The van der Waals surface area contributed by atoms with Gasteiger partial charge in [-0.1, -0.05) is 114 Å². The van der Waals surface area contributed by atoms with Crippen molar-refractivity contribution in [3.05, 3.63) is 95.3 Å². The Hall–Kier alpha value is -3.13. The molecule has 38 heavy (non-hydrogen) atoms. The highest BCUT2D eigenvalue weighted by atomic mass is 15.1. The van der Waals surface area contributed by atoms with Crippen LogP contribution in [0.3, 0.4) is 0 Å². The van der Waals surface area contributed by atoms with Crippen molar-refractivity contribution in [1.29, 1.82) is 0 Å². The summed E-state index contributed by atoms with van der Waals surface area (Å²) in [6.07, 6.45) is 14.1. The van der Waals surface area contributed by atoms with Gasteiger partial charge in [-0.05, 0) is 72.3 Å². The molecule has 0 spiro atoms. The van der Waals surface area contributed by atoms with Gasteiger partial charge in [-0.25, -0.2) is 4.98 Å². The third-order valence-corrected chi connectivity index (χ3v) is 8.80. The van der Waals surface area contributed by atoms with Crippen LogP contribution in [0, 0.1) is 6.92 Å². The summed E-state index contributed by atoms with van der Waals surface area (Å²) in [6.45, 7) is 11.5. The number of benzene rings is 3. The van der Waals surface area contributed by atoms with Gasteiger partial charge >= 0.3 is 0 Å². The molecule has 1 heterocycles. The van der Waals surface area contributed by atoms with Crippen molar-refractivity contribution in [2.45, 2.75) is 97.3 Å². The van der Waals surface area contributed by atoms with Crippen LogP contribution >= 0.6 is 0 Å². The minimum Gasteiger partial charge on any atom is -0.299 e. The molecule has 0 amide bonds. The second kappa shape index (κ2) is 11.3. The maximum absolute atomic E-state index is 5.01. The monoisotopic (exact) mass is 504 g/mol. The molecule has 0 unspecified atom stereocenters. The summed E-state index contributed by atoms with van der Waals surface area (Å²) in [7, 11) is 0. The molecule has 3 aromatic carbocycles. The van der Waals surface area contributed by atoms with Gasteiger partial charge in [-0.15, -0.1) is 0 Å². The molecule has 1 fully saturated rings. The third-order valence-electron chi connectivity index (χ3n) is 8.80. The predicted octanol–water partition coefficient (Wildman–Crippen LogP) is 10.2. The van der Waals surface area contributed by atoms with Crippen LogP contribution in [0.1, 0.15) is 101 Å². The van der Waals surface area contributed by atoms with Gasteiger partial charge < -0.3 is 0 Å². The Morgan fingerprint density at radius 2 is 1.66 bits per heavy atom. The number of hydrogen-bond donors (Lipinski definition) is 0. The molecule has 1 aliphatic rings. The van der Waals surface area contributed by atoms with Crippen LogP contribution in [0.2, 0.25) is 0 Å². The molecule has 0 bridgehead atoms. The molecule has 2 nitrogen and oxygen atoms in total. The highest BCUT2D eigenvalue weighted by molar-refractivity contribution is 5.78. The normalized spacial score (nSPS) is 14.7. The van der Waals surface area contributed by atoms with Crippen molar-refractivity contribution in [2.24, 2.45) is 0 Å². The molecule has 1 saturated carbocycles. The fourth-order valence-corrected chi connectivity index (χ4v) is 6.26. The van der Waals surface area contributed by atoms with Crippen LogP contribution in [0.4, 0.5) is 0 Å². The topological polar surface area (TPSA) is 17.8 Å². The molecule has 1 aromatic heterocycles. The fraction of sp³-hybridized carbons (Fsp3) is 0.417. The van der Waals surface area contributed by atoms with Gasteiger partial charge in [0, 0.05) is 23.5 Å². The van der Waals surface area contributed by atoms with Crippen molar-refractivity contribution >= 4 is 0 Å². The molecular weight excluding hydrogens is 460 g/mol. The highest BCUT2D eigenvalue weighted by Crippen LogP contribution is 2.41. The van der Waals surface area contributed by atoms with Gasteiger partial charge in [0.15, 0.2) is 0 Å². The molecule has 2 heteroatoms. The Labute approximate surface area is 230 Å². The zero-order valence-corrected chi connectivity index (χ0v) is 24.1. The summed E-state index contributed by atoms with van der Waals surface area (Å²) in [5.74, 6) is 1.72. The average Bonchev–Trinajstić information content (AvgIpc) is 3.43. The third kappa shape index (κ3) is 5.23. The Bertz CT molecular complexity index is 1370. The molecule has 198 valence electrons. The number of rotatable bonds is 8. The zero-order chi connectivity index (χ0) is 26.7. The second-order valence-corrected chi connectivity index (χ2v) is 11.9. The van der Waals surface area contributed by atoms with Crippen LogP contribution in [-0.4, -0.2) is 9.55 Å². The summed E-state index contributed by atoms with van der Waals surface area (Å²) >= 11 is 0. The van der Waals surface area contributed by atoms with Crippen LogP contribution in [-0.2, 0) is 11.8 Å².